The third kappa shape index (κ3) is 2.97. The predicted molar refractivity (Wildman–Crippen MR) is 88.0 cm³/mol. The van der Waals surface area contributed by atoms with E-state index >= 15 is 0 Å². The second-order valence-electron chi connectivity index (χ2n) is 5.27. The normalized spacial score (nSPS) is 12.0. The Morgan fingerprint density at radius 2 is 1.90 bits per heavy atom. The molecule has 1 aromatic heterocycles. The highest BCUT2D eigenvalue weighted by molar-refractivity contribution is 7.89. The molecule has 0 aliphatic heterocycles. The Morgan fingerprint density at radius 1 is 1.24 bits per heavy atom. The van der Waals surface area contributed by atoms with Crippen LogP contribution in [0.4, 0.5) is 5.69 Å². The van der Waals surface area contributed by atoms with Gasteiger partial charge in [-0.3, -0.25) is 0 Å². The van der Waals surface area contributed by atoms with Crippen molar-refractivity contribution in [1.29, 1.82) is 0 Å². The highest BCUT2D eigenvalue weighted by Crippen LogP contribution is 2.30. The molecule has 0 amide bonds. The van der Waals surface area contributed by atoms with Gasteiger partial charge in [-0.2, -0.15) is 15.6 Å². The average molecular weight is 324 g/mol. The van der Waals surface area contributed by atoms with Gasteiger partial charge in [-0.25, -0.2) is 8.42 Å². The van der Waals surface area contributed by atoms with Crippen LogP contribution in [0.2, 0.25) is 0 Å². The molecular weight excluding hydrogens is 304 g/mol. The fraction of sp³-hybridized carbons (Fsp3) is 0.333. The van der Waals surface area contributed by atoms with Crippen LogP contribution in [0, 0.1) is 20.8 Å². The maximum atomic E-state index is 12.8. The molecule has 2 rings (SSSR count). The number of nitrogens with two attached hydrogens (primary N) is 1. The Labute approximate surface area is 130 Å². The number of nitrogens with zero attached hydrogens (tertiary/aromatic N) is 1. The van der Waals surface area contributed by atoms with Crippen LogP contribution in [0.3, 0.4) is 0 Å². The Morgan fingerprint density at radius 3 is 2.48 bits per heavy atom. The van der Waals surface area contributed by atoms with Gasteiger partial charge in [-0.1, -0.05) is 6.07 Å². The summed E-state index contributed by atoms with van der Waals surface area (Å²) in [7, 11) is -1.96. The van der Waals surface area contributed by atoms with Crippen LogP contribution in [-0.4, -0.2) is 19.8 Å². The van der Waals surface area contributed by atoms with Crippen molar-refractivity contribution in [3.05, 3.63) is 45.1 Å². The quantitative estimate of drug-likeness (QED) is 0.879. The molecule has 6 heteroatoms. The molecule has 0 atom stereocenters. The second-order valence-corrected chi connectivity index (χ2v) is 8.03. The molecule has 0 unspecified atom stereocenters. The molecule has 2 N–H and O–H groups in total. The van der Waals surface area contributed by atoms with Crippen molar-refractivity contribution < 1.29 is 8.42 Å². The molecule has 0 saturated carbocycles. The smallest absolute Gasteiger partial charge is 0.243 e. The number of nitrogen functional groups attached to an aromatic ring is 1. The van der Waals surface area contributed by atoms with Crippen LogP contribution in [0.5, 0.6) is 0 Å². The van der Waals surface area contributed by atoms with Crippen LogP contribution >= 0.6 is 11.3 Å². The third-order valence-electron chi connectivity index (χ3n) is 3.61. The number of thiophene rings is 1. The van der Waals surface area contributed by atoms with E-state index in [-0.39, 0.29) is 0 Å². The third-order valence-corrected chi connectivity index (χ3v) is 6.44. The lowest BCUT2D eigenvalue weighted by atomic mass is 10.1. The monoisotopic (exact) mass is 324 g/mol. The van der Waals surface area contributed by atoms with Crippen molar-refractivity contribution in [1.82, 2.24) is 4.31 Å². The van der Waals surface area contributed by atoms with Crippen LogP contribution in [0.25, 0.3) is 0 Å². The Bertz CT molecular complexity index is 750. The molecule has 21 heavy (non-hydrogen) atoms. The van der Waals surface area contributed by atoms with E-state index in [1.54, 1.807) is 25.3 Å². The van der Waals surface area contributed by atoms with Gasteiger partial charge in [-0.15, -0.1) is 0 Å². The van der Waals surface area contributed by atoms with Crippen molar-refractivity contribution in [2.24, 2.45) is 0 Å². The van der Waals surface area contributed by atoms with Crippen LogP contribution < -0.4 is 5.73 Å². The van der Waals surface area contributed by atoms with Crippen LogP contribution in [0.1, 0.15) is 22.3 Å². The van der Waals surface area contributed by atoms with E-state index in [0.29, 0.717) is 22.7 Å². The zero-order valence-corrected chi connectivity index (χ0v) is 14.3. The number of anilines is 1. The van der Waals surface area contributed by atoms with E-state index in [1.165, 1.54) is 4.31 Å². The zero-order chi connectivity index (χ0) is 15.8. The lowest BCUT2D eigenvalue weighted by Gasteiger charge is -2.21. The second kappa shape index (κ2) is 5.79. The van der Waals surface area contributed by atoms with Gasteiger partial charge >= 0.3 is 0 Å². The van der Waals surface area contributed by atoms with Gasteiger partial charge in [0, 0.05) is 19.3 Å². The summed E-state index contributed by atoms with van der Waals surface area (Å²) in [6, 6.07) is 3.76. The summed E-state index contributed by atoms with van der Waals surface area (Å²) >= 11 is 1.56. The fourth-order valence-electron chi connectivity index (χ4n) is 2.46. The largest absolute Gasteiger partial charge is 0.398 e. The summed E-state index contributed by atoms with van der Waals surface area (Å²) in [5.41, 5.74) is 9.80. The zero-order valence-electron chi connectivity index (χ0n) is 12.7. The summed E-state index contributed by atoms with van der Waals surface area (Å²) in [5.74, 6) is 0. The molecule has 0 bridgehead atoms. The molecule has 114 valence electrons. The van der Waals surface area contributed by atoms with Crippen LogP contribution in [0.15, 0.2) is 27.8 Å². The number of hydrogen-bond donors (Lipinski definition) is 1. The van der Waals surface area contributed by atoms with Gasteiger partial charge in [0.15, 0.2) is 0 Å². The van der Waals surface area contributed by atoms with E-state index in [9.17, 15) is 8.42 Å². The molecule has 0 aliphatic rings. The van der Waals surface area contributed by atoms with Gasteiger partial charge in [0.25, 0.3) is 0 Å². The first-order valence-corrected chi connectivity index (χ1v) is 8.97. The minimum atomic E-state index is -3.56. The number of hydrogen-bond acceptors (Lipinski definition) is 4. The number of aryl methyl sites for hydroxylation is 2. The summed E-state index contributed by atoms with van der Waals surface area (Å²) in [6.45, 7) is 5.82. The molecule has 0 saturated heterocycles. The summed E-state index contributed by atoms with van der Waals surface area (Å²) in [6.07, 6.45) is 0. The lowest BCUT2D eigenvalue weighted by Crippen LogP contribution is -2.28. The Hall–Kier alpha value is -1.37. The minimum Gasteiger partial charge on any atom is -0.398 e. The highest BCUT2D eigenvalue weighted by Gasteiger charge is 2.26. The number of sulfonamides is 1. The van der Waals surface area contributed by atoms with E-state index in [1.807, 2.05) is 36.7 Å². The van der Waals surface area contributed by atoms with Gasteiger partial charge in [-0.05, 0) is 59.9 Å². The fourth-order valence-corrected chi connectivity index (χ4v) is 4.71. The van der Waals surface area contributed by atoms with Crippen LogP contribution in [-0.2, 0) is 16.6 Å². The molecule has 1 heterocycles. The maximum Gasteiger partial charge on any atom is 0.243 e. The van der Waals surface area contributed by atoms with Gasteiger partial charge in [0.1, 0.15) is 0 Å². The Balaban J connectivity index is 2.47. The average Bonchev–Trinajstić information content (AvgIpc) is 2.88. The van der Waals surface area contributed by atoms with Crippen molar-refractivity contribution in [2.45, 2.75) is 32.2 Å². The number of rotatable bonds is 4. The summed E-state index contributed by atoms with van der Waals surface area (Å²) in [4.78, 5) is 0.323. The van der Waals surface area contributed by atoms with E-state index in [4.69, 9.17) is 5.73 Å². The van der Waals surface area contributed by atoms with Crippen molar-refractivity contribution in [3.8, 4) is 0 Å². The summed E-state index contributed by atoms with van der Waals surface area (Å²) < 4.78 is 27.0. The number of benzene rings is 1. The van der Waals surface area contributed by atoms with Crippen molar-refractivity contribution >= 4 is 27.0 Å². The van der Waals surface area contributed by atoms with Gasteiger partial charge in [0.05, 0.1) is 4.90 Å². The standard InChI is InChI=1S/C15H20N2O2S2/c1-10-7-11(2)15(12(3)14(10)16)21(18,19)17(4)8-13-5-6-20-9-13/h5-7,9H,8,16H2,1-4H3. The molecule has 4 nitrogen and oxygen atoms in total. The molecular formula is C15H20N2O2S2. The predicted octanol–water partition coefficient (Wildman–Crippen LogP) is 3.08. The molecule has 0 fully saturated rings. The molecule has 2 aromatic rings. The topological polar surface area (TPSA) is 63.4 Å². The summed E-state index contributed by atoms with van der Waals surface area (Å²) in [5, 5.41) is 3.89. The highest BCUT2D eigenvalue weighted by atomic mass is 32.2. The minimum absolute atomic E-state index is 0.323. The first-order chi connectivity index (χ1) is 9.75. The first kappa shape index (κ1) is 16.0. The first-order valence-electron chi connectivity index (χ1n) is 6.59. The lowest BCUT2D eigenvalue weighted by molar-refractivity contribution is 0.466. The molecule has 1 aromatic carbocycles. The van der Waals surface area contributed by atoms with E-state index < -0.39 is 10.0 Å². The van der Waals surface area contributed by atoms with Crippen molar-refractivity contribution in [3.63, 3.8) is 0 Å². The van der Waals surface area contributed by atoms with E-state index in [0.717, 1.165) is 16.7 Å². The SMILES string of the molecule is Cc1cc(C)c(S(=O)(=O)N(C)Cc2ccsc2)c(C)c1N. The molecule has 0 radical (unpaired) electrons. The van der Waals surface area contributed by atoms with E-state index in [2.05, 4.69) is 0 Å². The van der Waals surface area contributed by atoms with Gasteiger partial charge < -0.3 is 5.73 Å². The molecule has 0 aliphatic carbocycles. The maximum absolute atomic E-state index is 12.8. The van der Waals surface area contributed by atoms with Gasteiger partial charge in [0.2, 0.25) is 10.0 Å². The molecule has 0 spiro atoms. The Kier molecular flexibility index (Phi) is 4.41. The van der Waals surface area contributed by atoms with Crippen molar-refractivity contribution in [2.75, 3.05) is 12.8 Å².